The van der Waals surface area contributed by atoms with Crippen molar-refractivity contribution in [1.29, 1.82) is 0 Å². The minimum absolute atomic E-state index is 0.195. The van der Waals surface area contributed by atoms with E-state index < -0.39 is 0 Å². The van der Waals surface area contributed by atoms with Crippen LogP contribution in [0, 0.1) is 0 Å². The van der Waals surface area contributed by atoms with Gasteiger partial charge in [0.15, 0.2) is 5.13 Å². The number of anilines is 2. The van der Waals surface area contributed by atoms with Gasteiger partial charge in [0, 0.05) is 26.4 Å². The summed E-state index contributed by atoms with van der Waals surface area (Å²) in [5.74, 6) is 0.183. The number of thiophene rings is 1. The van der Waals surface area contributed by atoms with Crippen molar-refractivity contribution in [3.8, 4) is 5.88 Å². The van der Waals surface area contributed by atoms with Crippen molar-refractivity contribution in [2.45, 2.75) is 13.8 Å². The van der Waals surface area contributed by atoms with Crippen LogP contribution in [0.1, 0.15) is 23.5 Å². The van der Waals surface area contributed by atoms with E-state index in [1.807, 2.05) is 6.07 Å². The van der Waals surface area contributed by atoms with Gasteiger partial charge in [0.25, 0.3) is 5.91 Å². The summed E-state index contributed by atoms with van der Waals surface area (Å²) in [5, 5.41) is 3.87. The third-order valence-electron chi connectivity index (χ3n) is 3.88. The molecule has 0 aliphatic carbocycles. The van der Waals surface area contributed by atoms with E-state index in [1.165, 1.54) is 11.3 Å². The summed E-state index contributed by atoms with van der Waals surface area (Å²) >= 11 is 3.00. The van der Waals surface area contributed by atoms with E-state index in [9.17, 15) is 4.79 Å². The second kappa shape index (κ2) is 9.12. The lowest BCUT2D eigenvalue weighted by molar-refractivity contribution is 0.102. The predicted octanol–water partition coefficient (Wildman–Crippen LogP) is 3.88. The zero-order chi connectivity index (χ0) is 19.2. The Kier molecular flexibility index (Phi) is 6.59. The van der Waals surface area contributed by atoms with E-state index >= 15 is 0 Å². The van der Waals surface area contributed by atoms with Gasteiger partial charge in [-0.1, -0.05) is 11.3 Å². The zero-order valence-electron chi connectivity index (χ0n) is 15.5. The molecular formula is C18H22N4O3S2. The average molecular weight is 407 g/mol. The van der Waals surface area contributed by atoms with Crippen LogP contribution < -0.4 is 15.0 Å². The van der Waals surface area contributed by atoms with Crippen molar-refractivity contribution in [2.75, 3.05) is 43.6 Å². The summed E-state index contributed by atoms with van der Waals surface area (Å²) in [5.41, 5.74) is 0.534. The van der Waals surface area contributed by atoms with Gasteiger partial charge in [0.1, 0.15) is 17.1 Å². The first-order chi connectivity index (χ1) is 13.2. The van der Waals surface area contributed by atoms with Crippen molar-refractivity contribution in [1.82, 2.24) is 9.97 Å². The molecule has 0 saturated carbocycles. The van der Waals surface area contributed by atoms with Gasteiger partial charge in [0.2, 0.25) is 5.88 Å². The lowest BCUT2D eigenvalue weighted by atomic mass is 10.3. The Morgan fingerprint density at radius 1 is 1.26 bits per heavy atom. The highest BCUT2D eigenvalue weighted by molar-refractivity contribution is 7.29. The smallest absolute Gasteiger partial charge is 0.266 e. The number of fused-ring (bicyclic) bond motifs is 1. The van der Waals surface area contributed by atoms with Crippen LogP contribution in [0.4, 0.5) is 10.8 Å². The van der Waals surface area contributed by atoms with Crippen molar-refractivity contribution in [2.24, 2.45) is 0 Å². The second-order valence-corrected chi connectivity index (χ2v) is 7.64. The number of pyridine rings is 1. The van der Waals surface area contributed by atoms with Crippen LogP contribution >= 0.6 is 22.7 Å². The van der Waals surface area contributed by atoms with E-state index in [0.717, 1.165) is 27.8 Å². The number of hydrogen-bond donors (Lipinski definition) is 1. The SMILES string of the molecule is CCN(CC)c1nc2sc(C(=O)Nc3cccnc3OCCOC)cc2s1. The molecule has 0 aliphatic rings. The summed E-state index contributed by atoms with van der Waals surface area (Å²) in [6, 6.07) is 5.41. The Bertz CT molecular complexity index is 874. The molecule has 0 atom stereocenters. The van der Waals surface area contributed by atoms with Crippen LogP contribution in [0.25, 0.3) is 9.53 Å². The molecule has 0 aromatic carbocycles. The van der Waals surface area contributed by atoms with Crippen LogP contribution in [-0.4, -0.2) is 49.3 Å². The average Bonchev–Trinajstić information content (AvgIpc) is 3.24. The third-order valence-corrected chi connectivity index (χ3v) is 6.10. The fourth-order valence-corrected chi connectivity index (χ4v) is 4.71. The first-order valence-corrected chi connectivity index (χ1v) is 10.3. The molecule has 0 aliphatic heterocycles. The lowest BCUT2D eigenvalue weighted by Gasteiger charge is -2.16. The van der Waals surface area contributed by atoms with Crippen LogP contribution in [0.3, 0.4) is 0 Å². The van der Waals surface area contributed by atoms with Crippen molar-refractivity contribution in [3.05, 3.63) is 29.3 Å². The number of carbonyl (C=O) groups is 1. The molecule has 1 N–H and O–H groups in total. The molecule has 0 fully saturated rings. The van der Waals surface area contributed by atoms with E-state index in [4.69, 9.17) is 9.47 Å². The molecule has 3 heterocycles. The summed E-state index contributed by atoms with van der Waals surface area (Å²) in [7, 11) is 1.60. The van der Waals surface area contributed by atoms with E-state index in [0.29, 0.717) is 29.7 Å². The number of aromatic nitrogens is 2. The van der Waals surface area contributed by atoms with E-state index in [1.54, 1.807) is 36.8 Å². The molecule has 144 valence electrons. The predicted molar refractivity (Wildman–Crippen MR) is 111 cm³/mol. The number of methoxy groups -OCH3 is 1. The summed E-state index contributed by atoms with van der Waals surface area (Å²) in [6.07, 6.45) is 1.62. The Morgan fingerprint density at radius 3 is 2.78 bits per heavy atom. The maximum atomic E-state index is 12.7. The fraction of sp³-hybridized carbons (Fsp3) is 0.389. The van der Waals surface area contributed by atoms with Crippen LogP contribution in [0.2, 0.25) is 0 Å². The molecule has 0 radical (unpaired) electrons. The van der Waals surface area contributed by atoms with Crippen molar-refractivity contribution < 1.29 is 14.3 Å². The monoisotopic (exact) mass is 406 g/mol. The molecule has 0 bridgehead atoms. The number of nitrogens with one attached hydrogen (secondary N) is 1. The molecule has 3 rings (SSSR count). The molecule has 0 unspecified atom stereocenters. The normalized spacial score (nSPS) is 10.9. The topological polar surface area (TPSA) is 76.6 Å². The quantitative estimate of drug-likeness (QED) is 0.544. The molecule has 0 spiro atoms. The number of nitrogens with zero attached hydrogens (tertiary/aromatic N) is 3. The van der Waals surface area contributed by atoms with Gasteiger partial charge in [-0.3, -0.25) is 4.79 Å². The van der Waals surface area contributed by atoms with Gasteiger partial charge < -0.3 is 19.7 Å². The Morgan fingerprint density at radius 2 is 2.07 bits per heavy atom. The summed E-state index contributed by atoms with van der Waals surface area (Å²) < 4.78 is 11.6. The van der Waals surface area contributed by atoms with Crippen LogP contribution in [0.5, 0.6) is 5.88 Å². The first-order valence-electron chi connectivity index (χ1n) is 8.69. The minimum Gasteiger partial charge on any atom is -0.474 e. The van der Waals surface area contributed by atoms with E-state index in [2.05, 4.69) is 34.0 Å². The molecule has 9 heteroatoms. The lowest BCUT2D eigenvalue weighted by Crippen LogP contribution is -2.21. The highest BCUT2D eigenvalue weighted by Gasteiger charge is 2.17. The zero-order valence-corrected chi connectivity index (χ0v) is 17.2. The maximum Gasteiger partial charge on any atom is 0.266 e. The molecule has 3 aromatic rings. The van der Waals surface area contributed by atoms with Crippen molar-refractivity contribution in [3.63, 3.8) is 0 Å². The fourth-order valence-electron chi connectivity index (χ4n) is 2.47. The van der Waals surface area contributed by atoms with Crippen LogP contribution in [0.15, 0.2) is 24.4 Å². The second-order valence-electron chi connectivity index (χ2n) is 5.60. The van der Waals surface area contributed by atoms with Gasteiger partial charge in [-0.05, 0) is 32.0 Å². The highest BCUT2D eigenvalue weighted by atomic mass is 32.1. The first kappa shape index (κ1) is 19.5. The number of amides is 1. The number of thiazole rings is 1. The Labute approximate surface area is 166 Å². The summed E-state index contributed by atoms with van der Waals surface area (Å²) in [4.78, 5) is 25.2. The number of carbonyl (C=O) groups excluding carboxylic acids is 1. The van der Waals surface area contributed by atoms with Gasteiger partial charge in [0.05, 0.1) is 16.2 Å². The van der Waals surface area contributed by atoms with Crippen molar-refractivity contribution >= 4 is 48.9 Å². The minimum atomic E-state index is -0.195. The molecule has 0 saturated heterocycles. The molecule has 3 aromatic heterocycles. The molecule has 27 heavy (non-hydrogen) atoms. The third kappa shape index (κ3) is 4.55. The Hall–Kier alpha value is -2.23. The molecule has 7 nitrogen and oxygen atoms in total. The number of ether oxygens (including phenoxy) is 2. The van der Waals surface area contributed by atoms with Crippen LogP contribution in [-0.2, 0) is 4.74 Å². The standard InChI is InChI=1S/C18H22N4O3S2/c1-4-22(5-2)18-21-17-14(27-18)11-13(26-17)15(23)20-12-7-6-8-19-16(12)25-10-9-24-3/h6-8,11H,4-5,9-10H2,1-3H3,(H,20,23). The van der Waals surface area contributed by atoms with Gasteiger partial charge in [-0.2, -0.15) is 0 Å². The largest absolute Gasteiger partial charge is 0.474 e. The number of rotatable bonds is 9. The molecule has 1 amide bonds. The van der Waals surface area contributed by atoms with Gasteiger partial charge in [-0.25, -0.2) is 9.97 Å². The summed E-state index contributed by atoms with van der Waals surface area (Å²) in [6.45, 7) is 6.86. The van der Waals surface area contributed by atoms with Gasteiger partial charge >= 0.3 is 0 Å². The maximum absolute atomic E-state index is 12.7. The highest BCUT2D eigenvalue weighted by Crippen LogP contribution is 2.35. The Balaban J connectivity index is 1.74. The van der Waals surface area contributed by atoms with Gasteiger partial charge in [-0.15, -0.1) is 11.3 Å². The molecular weight excluding hydrogens is 384 g/mol. The van der Waals surface area contributed by atoms with E-state index in [-0.39, 0.29) is 5.91 Å². The number of hydrogen-bond acceptors (Lipinski definition) is 8.